The zero-order chi connectivity index (χ0) is 13.1. The van der Waals surface area contributed by atoms with Gasteiger partial charge in [-0.05, 0) is 45.1 Å². The second kappa shape index (κ2) is 6.71. The van der Waals surface area contributed by atoms with E-state index in [1.165, 1.54) is 16.7 Å². The lowest BCUT2D eigenvalue weighted by Crippen LogP contribution is -2.10. The first-order chi connectivity index (χ1) is 9.34. The molecule has 0 saturated carbocycles. The molecular weight excluding hydrogens is 286 g/mol. The van der Waals surface area contributed by atoms with Crippen molar-refractivity contribution >= 4 is 23.7 Å². The molecule has 3 aromatic rings. The second-order valence-corrected chi connectivity index (χ2v) is 5.31. The van der Waals surface area contributed by atoms with E-state index in [9.17, 15) is 0 Å². The standard InChI is InChI=1S/C17H15NS.ClH/c18-17(16-9-10-19-12-16)15-8-4-7-14(11-15)13-5-2-1-3-6-13;/h1-12,17H,18H2;1H/t17-;/m1./s1. The van der Waals surface area contributed by atoms with E-state index in [0.717, 1.165) is 5.56 Å². The van der Waals surface area contributed by atoms with Crippen molar-refractivity contribution in [2.24, 2.45) is 5.73 Å². The Morgan fingerprint density at radius 3 is 2.25 bits per heavy atom. The lowest BCUT2D eigenvalue weighted by atomic mass is 9.97. The highest BCUT2D eigenvalue weighted by atomic mass is 35.5. The Hall–Kier alpha value is -1.61. The van der Waals surface area contributed by atoms with Crippen molar-refractivity contribution in [1.29, 1.82) is 0 Å². The molecule has 0 aliphatic rings. The van der Waals surface area contributed by atoms with Crippen LogP contribution in [0.15, 0.2) is 71.4 Å². The lowest BCUT2D eigenvalue weighted by Gasteiger charge is -2.12. The average Bonchev–Trinajstić information content (AvgIpc) is 3.02. The molecule has 0 amide bonds. The molecular formula is C17H16ClNS. The molecule has 3 heteroatoms. The highest BCUT2D eigenvalue weighted by Crippen LogP contribution is 2.26. The molecule has 0 bridgehead atoms. The second-order valence-electron chi connectivity index (χ2n) is 4.53. The Balaban J connectivity index is 0.00000147. The van der Waals surface area contributed by atoms with Gasteiger partial charge in [-0.25, -0.2) is 0 Å². The number of hydrogen-bond donors (Lipinski definition) is 1. The number of rotatable bonds is 3. The topological polar surface area (TPSA) is 26.0 Å². The maximum atomic E-state index is 6.31. The Morgan fingerprint density at radius 1 is 0.800 bits per heavy atom. The largest absolute Gasteiger partial charge is 0.320 e. The molecule has 3 rings (SSSR count). The highest BCUT2D eigenvalue weighted by Gasteiger charge is 2.09. The Kier molecular flexibility index (Phi) is 4.96. The molecule has 0 aliphatic heterocycles. The van der Waals surface area contributed by atoms with Gasteiger partial charge < -0.3 is 5.73 Å². The van der Waals surface area contributed by atoms with Gasteiger partial charge in [0.25, 0.3) is 0 Å². The van der Waals surface area contributed by atoms with Crippen LogP contribution in [0.2, 0.25) is 0 Å². The summed E-state index contributed by atoms with van der Waals surface area (Å²) in [5, 5.41) is 4.18. The zero-order valence-electron chi connectivity index (χ0n) is 10.9. The molecule has 20 heavy (non-hydrogen) atoms. The monoisotopic (exact) mass is 301 g/mol. The van der Waals surface area contributed by atoms with Gasteiger partial charge in [0.05, 0.1) is 6.04 Å². The first kappa shape index (κ1) is 14.8. The van der Waals surface area contributed by atoms with Crippen molar-refractivity contribution in [3.05, 3.63) is 82.6 Å². The number of nitrogens with two attached hydrogens (primary N) is 1. The van der Waals surface area contributed by atoms with Crippen LogP contribution in [0.4, 0.5) is 0 Å². The normalized spacial score (nSPS) is 11.7. The molecule has 0 unspecified atom stereocenters. The quantitative estimate of drug-likeness (QED) is 0.732. The third-order valence-corrected chi connectivity index (χ3v) is 3.96. The molecule has 0 radical (unpaired) electrons. The number of benzene rings is 2. The summed E-state index contributed by atoms with van der Waals surface area (Å²) in [6, 6.07) is 20.9. The van der Waals surface area contributed by atoms with E-state index in [4.69, 9.17) is 5.73 Å². The van der Waals surface area contributed by atoms with Gasteiger partial charge in [-0.2, -0.15) is 11.3 Å². The van der Waals surface area contributed by atoms with Crippen LogP contribution in [0.25, 0.3) is 11.1 Å². The first-order valence-electron chi connectivity index (χ1n) is 6.27. The fourth-order valence-corrected chi connectivity index (χ4v) is 2.88. The molecule has 1 heterocycles. The summed E-state index contributed by atoms with van der Waals surface area (Å²) >= 11 is 1.68. The Labute approximate surface area is 129 Å². The molecule has 2 N–H and O–H groups in total. The van der Waals surface area contributed by atoms with Gasteiger partial charge in [0.1, 0.15) is 0 Å². The molecule has 102 valence electrons. The predicted molar refractivity (Wildman–Crippen MR) is 89.5 cm³/mol. The molecule has 0 aliphatic carbocycles. The number of thiophene rings is 1. The maximum absolute atomic E-state index is 6.31. The SMILES string of the molecule is Cl.N[C@@H](c1ccsc1)c1cccc(-c2ccccc2)c1. The molecule has 2 aromatic carbocycles. The van der Waals surface area contributed by atoms with E-state index < -0.39 is 0 Å². The van der Waals surface area contributed by atoms with Crippen molar-refractivity contribution in [2.45, 2.75) is 6.04 Å². The minimum Gasteiger partial charge on any atom is -0.320 e. The van der Waals surface area contributed by atoms with E-state index in [0.29, 0.717) is 0 Å². The van der Waals surface area contributed by atoms with Gasteiger partial charge in [0.2, 0.25) is 0 Å². The predicted octanol–water partition coefficient (Wildman–Crippen LogP) is 4.89. The van der Waals surface area contributed by atoms with Crippen molar-refractivity contribution < 1.29 is 0 Å². The van der Waals surface area contributed by atoms with Gasteiger partial charge in [-0.1, -0.05) is 48.5 Å². The summed E-state index contributed by atoms with van der Waals surface area (Å²) in [6.07, 6.45) is 0. The van der Waals surface area contributed by atoms with E-state index in [2.05, 4.69) is 65.4 Å². The molecule has 0 spiro atoms. The minimum atomic E-state index is -0.0464. The maximum Gasteiger partial charge on any atom is 0.0560 e. The lowest BCUT2D eigenvalue weighted by molar-refractivity contribution is 0.877. The Morgan fingerprint density at radius 2 is 1.55 bits per heavy atom. The Bertz CT molecular complexity index is 650. The first-order valence-corrected chi connectivity index (χ1v) is 7.22. The van der Waals surface area contributed by atoms with Gasteiger partial charge in [0.15, 0.2) is 0 Å². The van der Waals surface area contributed by atoms with Crippen LogP contribution in [0.3, 0.4) is 0 Å². The van der Waals surface area contributed by atoms with Crippen LogP contribution in [-0.2, 0) is 0 Å². The van der Waals surface area contributed by atoms with Gasteiger partial charge in [-0.3, -0.25) is 0 Å². The van der Waals surface area contributed by atoms with Crippen molar-refractivity contribution in [3.63, 3.8) is 0 Å². The summed E-state index contributed by atoms with van der Waals surface area (Å²) < 4.78 is 0. The van der Waals surface area contributed by atoms with E-state index in [-0.39, 0.29) is 18.4 Å². The molecule has 1 atom stereocenters. The van der Waals surface area contributed by atoms with Crippen LogP contribution in [0, 0.1) is 0 Å². The minimum absolute atomic E-state index is 0. The van der Waals surface area contributed by atoms with E-state index >= 15 is 0 Å². The van der Waals surface area contributed by atoms with Crippen molar-refractivity contribution in [2.75, 3.05) is 0 Å². The summed E-state index contributed by atoms with van der Waals surface area (Å²) in [6.45, 7) is 0. The average molecular weight is 302 g/mol. The number of hydrogen-bond acceptors (Lipinski definition) is 2. The summed E-state index contributed by atoms with van der Waals surface area (Å²) in [7, 11) is 0. The summed E-state index contributed by atoms with van der Waals surface area (Å²) in [4.78, 5) is 0. The molecule has 1 nitrogen and oxygen atoms in total. The fourth-order valence-electron chi connectivity index (χ4n) is 2.19. The third kappa shape index (κ3) is 3.10. The third-order valence-electron chi connectivity index (χ3n) is 3.26. The van der Waals surface area contributed by atoms with Crippen LogP contribution in [-0.4, -0.2) is 0 Å². The molecule has 0 fully saturated rings. The van der Waals surface area contributed by atoms with Gasteiger partial charge in [-0.15, -0.1) is 12.4 Å². The van der Waals surface area contributed by atoms with Crippen LogP contribution in [0.5, 0.6) is 0 Å². The van der Waals surface area contributed by atoms with Crippen LogP contribution < -0.4 is 5.73 Å². The van der Waals surface area contributed by atoms with Gasteiger partial charge in [0, 0.05) is 0 Å². The summed E-state index contributed by atoms with van der Waals surface area (Å²) in [5.41, 5.74) is 11.1. The molecule has 0 saturated heterocycles. The van der Waals surface area contributed by atoms with E-state index in [1.54, 1.807) is 11.3 Å². The van der Waals surface area contributed by atoms with Crippen LogP contribution in [0.1, 0.15) is 17.2 Å². The van der Waals surface area contributed by atoms with Gasteiger partial charge >= 0.3 is 0 Å². The highest BCUT2D eigenvalue weighted by molar-refractivity contribution is 7.08. The van der Waals surface area contributed by atoms with E-state index in [1.807, 2.05) is 6.07 Å². The summed E-state index contributed by atoms with van der Waals surface area (Å²) in [5.74, 6) is 0. The smallest absolute Gasteiger partial charge is 0.0560 e. The zero-order valence-corrected chi connectivity index (χ0v) is 12.5. The van der Waals surface area contributed by atoms with Crippen molar-refractivity contribution in [3.8, 4) is 11.1 Å². The fraction of sp³-hybridized carbons (Fsp3) is 0.0588. The van der Waals surface area contributed by atoms with Crippen molar-refractivity contribution in [1.82, 2.24) is 0 Å². The molecule has 1 aromatic heterocycles. The van der Waals surface area contributed by atoms with Crippen LogP contribution >= 0.6 is 23.7 Å². The number of halogens is 1.